The molecule has 0 aromatic heterocycles. The van der Waals surface area contributed by atoms with Crippen LogP contribution in [0.1, 0.15) is 47.0 Å². The molecular formula is C17H26O. The molecular weight excluding hydrogens is 220 g/mol. The molecule has 3 atom stereocenters. The highest BCUT2D eigenvalue weighted by molar-refractivity contribution is 5.84. The first-order valence-electron chi connectivity index (χ1n) is 7.23. The van der Waals surface area contributed by atoms with Crippen LogP contribution in [0.3, 0.4) is 0 Å². The number of hydrogen-bond donors (Lipinski definition) is 0. The maximum absolute atomic E-state index is 12.3. The first kappa shape index (κ1) is 13.6. The average molecular weight is 246 g/mol. The molecule has 1 heteroatoms. The highest BCUT2D eigenvalue weighted by atomic mass is 16.1. The minimum atomic E-state index is 0.178. The lowest BCUT2D eigenvalue weighted by atomic mass is 9.70. The summed E-state index contributed by atoms with van der Waals surface area (Å²) in [5.41, 5.74) is 1.70. The molecule has 2 aliphatic carbocycles. The quantitative estimate of drug-likeness (QED) is 0.657. The van der Waals surface area contributed by atoms with Gasteiger partial charge in [-0.1, -0.05) is 45.4 Å². The van der Waals surface area contributed by atoms with Crippen molar-refractivity contribution < 1.29 is 4.79 Å². The van der Waals surface area contributed by atoms with Crippen molar-refractivity contribution in [3.63, 3.8) is 0 Å². The monoisotopic (exact) mass is 246 g/mol. The number of rotatable bonds is 5. The van der Waals surface area contributed by atoms with E-state index in [1.165, 1.54) is 12.0 Å². The maximum atomic E-state index is 12.3. The van der Waals surface area contributed by atoms with Crippen molar-refractivity contribution in [1.82, 2.24) is 0 Å². The molecule has 0 spiro atoms. The van der Waals surface area contributed by atoms with Crippen molar-refractivity contribution in [3.8, 4) is 0 Å². The molecule has 1 saturated carbocycles. The van der Waals surface area contributed by atoms with Crippen molar-refractivity contribution in [2.24, 2.45) is 29.1 Å². The molecule has 0 aliphatic heterocycles. The largest absolute Gasteiger partial charge is 0.299 e. The first-order valence-corrected chi connectivity index (χ1v) is 7.23. The zero-order valence-electron chi connectivity index (χ0n) is 12.2. The topological polar surface area (TPSA) is 17.1 Å². The van der Waals surface area contributed by atoms with Crippen LogP contribution in [0, 0.1) is 29.1 Å². The van der Waals surface area contributed by atoms with Crippen LogP contribution >= 0.6 is 0 Å². The van der Waals surface area contributed by atoms with Crippen LogP contribution in [-0.4, -0.2) is 5.78 Å². The molecule has 1 nitrogen and oxygen atoms in total. The zero-order chi connectivity index (χ0) is 13.5. The predicted octanol–water partition coefficient (Wildman–Crippen LogP) is 4.40. The molecule has 1 fully saturated rings. The van der Waals surface area contributed by atoms with Gasteiger partial charge >= 0.3 is 0 Å². The summed E-state index contributed by atoms with van der Waals surface area (Å²) in [4.78, 5) is 12.3. The molecule has 2 bridgehead atoms. The van der Waals surface area contributed by atoms with Crippen LogP contribution in [-0.2, 0) is 4.79 Å². The number of carbonyl (C=O) groups excluding carboxylic acids is 1. The third-order valence-corrected chi connectivity index (χ3v) is 4.78. The summed E-state index contributed by atoms with van der Waals surface area (Å²) in [6, 6.07) is 0. The molecule has 18 heavy (non-hydrogen) atoms. The number of ketones is 1. The van der Waals surface area contributed by atoms with E-state index in [0.717, 1.165) is 12.8 Å². The number of carbonyl (C=O) groups is 1. The zero-order valence-corrected chi connectivity index (χ0v) is 12.2. The van der Waals surface area contributed by atoms with Crippen LogP contribution in [0.4, 0.5) is 0 Å². The third-order valence-electron chi connectivity index (χ3n) is 4.78. The van der Waals surface area contributed by atoms with Crippen LogP contribution in [0.15, 0.2) is 24.3 Å². The molecule has 0 aromatic carbocycles. The lowest BCUT2D eigenvalue weighted by molar-refractivity contribution is -0.126. The third kappa shape index (κ3) is 2.20. The summed E-state index contributed by atoms with van der Waals surface area (Å²) in [6.07, 6.45) is 7.77. The molecule has 3 unspecified atom stereocenters. The van der Waals surface area contributed by atoms with Crippen LogP contribution < -0.4 is 0 Å². The molecule has 0 amide bonds. The molecule has 0 N–H and O–H groups in total. The van der Waals surface area contributed by atoms with Gasteiger partial charge in [-0.2, -0.15) is 0 Å². The van der Waals surface area contributed by atoms with Gasteiger partial charge in [0.05, 0.1) is 0 Å². The van der Waals surface area contributed by atoms with Gasteiger partial charge < -0.3 is 0 Å². The van der Waals surface area contributed by atoms with Crippen molar-refractivity contribution >= 4 is 5.78 Å². The summed E-state index contributed by atoms with van der Waals surface area (Å²) >= 11 is 0. The normalized spacial score (nSPS) is 30.7. The molecule has 2 rings (SSSR count). The van der Waals surface area contributed by atoms with E-state index in [0.29, 0.717) is 23.5 Å². The fourth-order valence-corrected chi connectivity index (χ4v) is 3.88. The van der Waals surface area contributed by atoms with E-state index in [1.807, 2.05) is 19.9 Å². The second-order valence-electron chi connectivity index (χ2n) is 7.00. The fraction of sp³-hybridized carbons (Fsp3) is 0.706. The Morgan fingerprint density at radius 2 is 2.17 bits per heavy atom. The van der Waals surface area contributed by atoms with E-state index < -0.39 is 0 Å². The van der Waals surface area contributed by atoms with Crippen molar-refractivity contribution in [3.05, 3.63) is 24.3 Å². The smallest absolute Gasteiger partial charge is 0.139 e. The fourth-order valence-electron chi connectivity index (χ4n) is 3.88. The van der Waals surface area contributed by atoms with Gasteiger partial charge in [0, 0.05) is 11.8 Å². The van der Waals surface area contributed by atoms with E-state index in [4.69, 9.17) is 0 Å². The minimum Gasteiger partial charge on any atom is -0.299 e. The standard InChI is InChI=1S/C17H26O/c1-6-7-17(4,5)15-10-12-8-13(15)14(9-12)16(18)11(2)3/h6,10-14H,1,7-9H2,2-5H3. The molecule has 0 saturated heterocycles. The van der Waals surface area contributed by atoms with Gasteiger partial charge in [-0.15, -0.1) is 6.58 Å². The molecule has 100 valence electrons. The van der Waals surface area contributed by atoms with Gasteiger partial charge in [0.15, 0.2) is 0 Å². The molecule has 0 aromatic rings. The SMILES string of the molecule is C=CCC(C)(C)C1=CC2CC(C(=O)C(C)C)C1C2. The molecule has 0 radical (unpaired) electrons. The number of fused-ring (bicyclic) bond motifs is 2. The van der Waals surface area contributed by atoms with Crippen molar-refractivity contribution in [2.45, 2.75) is 47.0 Å². The first-order chi connectivity index (χ1) is 8.36. The Morgan fingerprint density at radius 1 is 1.50 bits per heavy atom. The predicted molar refractivity (Wildman–Crippen MR) is 76.2 cm³/mol. The highest BCUT2D eigenvalue weighted by Gasteiger charge is 2.47. The Morgan fingerprint density at radius 3 is 2.67 bits per heavy atom. The Balaban J connectivity index is 2.20. The Bertz CT molecular complexity index is 386. The van der Waals surface area contributed by atoms with Gasteiger partial charge in [-0.05, 0) is 36.5 Å². The van der Waals surface area contributed by atoms with Crippen molar-refractivity contribution in [2.75, 3.05) is 0 Å². The van der Waals surface area contributed by atoms with E-state index in [1.54, 1.807) is 0 Å². The number of allylic oxidation sites excluding steroid dienone is 3. The number of hydrogen-bond acceptors (Lipinski definition) is 1. The Labute approximate surface area is 111 Å². The lowest BCUT2D eigenvalue weighted by Crippen LogP contribution is -2.30. The van der Waals surface area contributed by atoms with E-state index in [9.17, 15) is 4.79 Å². The van der Waals surface area contributed by atoms with E-state index in [2.05, 4.69) is 26.5 Å². The van der Waals surface area contributed by atoms with Gasteiger partial charge in [-0.3, -0.25) is 4.79 Å². The summed E-state index contributed by atoms with van der Waals surface area (Å²) in [6.45, 7) is 12.5. The Hall–Kier alpha value is -0.850. The van der Waals surface area contributed by atoms with Gasteiger partial charge in [0.25, 0.3) is 0 Å². The summed E-state index contributed by atoms with van der Waals surface area (Å²) in [5, 5.41) is 0. The average Bonchev–Trinajstić information content (AvgIpc) is 2.87. The maximum Gasteiger partial charge on any atom is 0.139 e. The lowest BCUT2D eigenvalue weighted by Gasteiger charge is -2.34. The van der Waals surface area contributed by atoms with E-state index in [-0.39, 0.29) is 11.3 Å². The van der Waals surface area contributed by atoms with Crippen LogP contribution in [0.25, 0.3) is 0 Å². The molecule has 0 heterocycles. The highest BCUT2D eigenvalue weighted by Crippen LogP contribution is 2.54. The molecule has 2 aliphatic rings. The summed E-state index contributed by atoms with van der Waals surface area (Å²) in [5.74, 6) is 2.11. The van der Waals surface area contributed by atoms with Crippen LogP contribution in [0.2, 0.25) is 0 Å². The number of Topliss-reactive ketones (excluding diaryl/α,β-unsaturated/α-hetero) is 1. The second-order valence-corrected chi connectivity index (χ2v) is 7.00. The van der Waals surface area contributed by atoms with Crippen molar-refractivity contribution in [1.29, 1.82) is 0 Å². The summed E-state index contributed by atoms with van der Waals surface area (Å²) < 4.78 is 0. The minimum absolute atomic E-state index is 0.178. The van der Waals surface area contributed by atoms with Gasteiger partial charge in [0.1, 0.15) is 5.78 Å². The van der Waals surface area contributed by atoms with Gasteiger partial charge in [-0.25, -0.2) is 0 Å². The summed E-state index contributed by atoms with van der Waals surface area (Å²) in [7, 11) is 0. The van der Waals surface area contributed by atoms with Gasteiger partial charge in [0.2, 0.25) is 0 Å². The van der Waals surface area contributed by atoms with E-state index >= 15 is 0 Å². The second kappa shape index (κ2) is 4.68. The van der Waals surface area contributed by atoms with Crippen LogP contribution in [0.5, 0.6) is 0 Å². The Kier molecular flexibility index (Phi) is 3.53.